The number of amides is 1. The number of nitrogens with zero attached hydrogens (tertiary/aromatic N) is 1. The van der Waals surface area contributed by atoms with Gasteiger partial charge in [-0.15, -0.1) is 11.3 Å². The minimum absolute atomic E-state index is 0.0304. The van der Waals surface area contributed by atoms with Crippen LogP contribution in [0.4, 0.5) is 0 Å². The van der Waals surface area contributed by atoms with Crippen LogP contribution >= 0.6 is 24.0 Å². The lowest BCUT2D eigenvalue weighted by Crippen LogP contribution is -2.22. The van der Waals surface area contributed by atoms with Crippen LogP contribution in [-0.2, 0) is 11.3 Å². The van der Waals surface area contributed by atoms with Crippen LogP contribution < -0.4 is 5.32 Å². The van der Waals surface area contributed by atoms with Gasteiger partial charge < -0.3 is 5.32 Å². The van der Waals surface area contributed by atoms with Crippen molar-refractivity contribution in [1.82, 2.24) is 10.3 Å². The van der Waals surface area contributed by atoms with Gasteiger partial charge in [0.1, 0.15) is 5.01 Å². The van der Waals surface area contributed by atoms with Gasteiger partial charge in [0, 0.05) is 17.5 Å². The summed E-state index contributed by atoms with van der Waals surface area (Å²) in [5, 5.41) is 3.72. The van der Waals surface area contributed by atoms with Gasteiger partial charge in [-0.1, -0.05) is 0 Å². The summed E-state index contributed by atoms with van der Waals surface area (Å²) in [7, 11) is 0. The van der Waals surface area contributed by atoms with Crippen molar-refractivity contribution < 1.29 is 4.79 Å². The second kappa shape index (κ2) is 5.24. The zero-order valence-electron chi connectivity index (χ0n) is 7.41. The monoisotopic (exact) mass is 216 g/mol. The van der Waals surface area contributed by atoms with E-state index in [4.69, 9.17) is 0 Å². The molecule has 0 aliphatic heterocycles. The van der Waals surface area contributed by atoms with Crippen molar-refractivity contribution in [3.8, 4) is 0 Å². The Morgan fingerprint density at radius 3 is 3.08 bits per heavy atom. The summed E-state index contributed by atoms with van der Waals surface area (Å²) >= 11 is 5.57. The predicted octanol–water partition coefficient (Wildman–Crippen LogP) is 1.39. The first-order chi connectivity index (χ1) is 6.22. The van der Waals surface area contributed by atoms with Gasteiger partial charge in [0.25, 0.3) is 0 Å². The summed E-state index contributed by atoms with van der Waals surface area (Å²) in [4.78, 5) is 16.3. The summed E-state index contributed by atoms with van der Waals surface area (Å²) < 4.78 is 0. The zero-order chi connectivity index (χ0) is 9.68. The third kappa shape index (κ3) is 3.78. The van der Waals surface area contributed by atoms with E-state index in [2.05, 4.69) is 22.9 Å². The van der Waals surface area contributed by atoms with Gasteiger partial charge >= 0.3 is 0 Å². The molecule has 72 valence electrons. The fraction of sp³-hybridized carbons (Fsp3) is 0.500. The van der Waals surface area contributed by atoms with Crippen molar-refractivity contribution in [3.05, 3.63) is 16.1 Å². The van der Waals surface area contributed by atoms with Crippen molar-refractivity contribution in [3.63, 3.8) is 0 Å². The van der Waals surface area contributed by atoms with E-state index in [0.29, 0.717) is 18.7 Å². The fourth-order valence-electron chi connectivity index (χ4n) is 0.847. The zero-order valence-corrected chi connectivity index (χ0v) is 9.12. The Morgan fingerprint density at radius 1 is 1.77 bits per heavy atom. The molecular formula is C8H12N2OS2. The van der Waals surface area contributed by atoms with Crippen LogP contribution in [0.25, 0.3) is 0 Å². The molecule has 3 nitrogen and oxygen atoms in total. The normalized spacial score (nSPS) is 10.0. The van der Waals surface area contributed by atoms with Crippen LogP contribution in [0.1, 0.15) is 16.3 Å². The van der Waals surface area contributed by atoms with Crippen LogP contribution in [-0.4, -0.2) is 16.6 Å². The Labute approximate surface area is 87.0 Å². The van der Waals surface area contributed by atoms with Crippen molar-refractivity contribution in [2.24, 2.45) is 0 Å². The quantitative estimate of drug-likeness (QED) is 0.747. The molecule has 0 saturated carbocycles. The first-order valence-electron chi connectivity index (χ1n) is 4.01. The highest BCUT2D eigenvalue weighted by atomic mass is 32.1. The highest BCUT2D eigenvalue weighted by molar-refractivity contribution is 7.80. The summed E-state index contributed by atoms with van der Waals surface area (Å²) in [5.41, 5.74) is 0. The SMILES string of the molecule is Cc1cnc(CNC(=O)CCS)s1. The van der Waals surface area contributed by atoms with Crippen LogP contribution in [0.2, 0.25) is 0 Å². The topological polar surface area (TPSA) is 42.0 Å². The number of thiol groups is 1. The largest absolute Gasteiger partial charge is 0.350 e. The number of rotatable bonds is 4. The third-order valence-electron chi connectivity index (χ3n) is 1.44. The average Bonchev–Trinajstić information content (AvgIpc) is 2.49. The molecule has 1 N–H and O–H groups in total. The summed E-state index contributed by atoms with van der Waals surface area (Å²) in [6.45, 7) is 2.53. The molecule has 0 unspecified atom stereocenters. The molecule has 5 heteroatoms. The third-order valence-corrected chi connectivity index (χ3v) is 2.58. The molecule has 1 aromatic heterocycles. The molecule has 1 rings (SSSR count). The van der Waals surface area contributed by atoms with E-state index in [-0.39, 0.29) is 5.91 Å². The van der Waals surface area contributed by atoms with Crippen molar-refractivity contribution in [2.75, 3.05) is 5.75 Å². The minimum Gasteiger partial charge on any atom is -0.350 e. The van der Waals surface area contributed by atoms with E-state index >= 15 is 0 Å². The van der Waals surface area contributed by atoms with E-state index in [1.54, 1.807) is 11.3 Å². The van der Waals surface area contributed by atoms with E-state index in [1.165, 1.54) is 4.88 Å². The molecule has 0 saturated heterocycles. The number of nitrogens with one attached hydrogen (secondary N) is 1. The minimum atomic E-state index is 0.0304. The summed E-state index contributed by atoms with van der Waals surface area (Å²) in [5.74, 6) is 0.616. The molecule has 0 aliphatic rings. The maximum Gasteiger partial charge on any atom is 0.221 e. The van der Waals surface area contributed by atoms with Gasteiger partial charge in [-0.3, -0.25) is 4.79 Å². The molecule has 0 bridgehead atoms. The molecule has 0 atom stereocenters. The van der Waals surface area contributed by atoms with Gasteiger partial charge in [0.15, 0.2) is 0 Å². The molecule has 0 fully saturated rings. The second-order valence-corrected chi connectivity index (χ2v) is 4.38. The van der Waals surface area contributed by atoms with E-state index in [9.17, 15) is 4.79 Å². The van der Waals surface area contributed by atoms with Gasteiger partial charge in [-0.2, -0.15) is 12.6 Å². The lowest BCUT2D eigenvalue weighted by atomic mass is 10.4. The maximum absolute atomic E-state index is 11.0. The predicted molar refractivity (Wildman–Crippen MR) is 57.2 cm³/mol. The average molecular weight is 216 g/mol. The van der Waals surface area contributed by atoms with Crippen molar-refractivity contribution >= 4 is 29.9 Å². The smallest absolute Gasteiger partial charge is 0.221 e. The second-order valence-electron chi connectivity index (χ2n) is 2.61. The number of aryl methyl sites for hydroxylation is 1. The van der Waals surface area contributed by atoms with E-state index < -0.39 is 0 Å². The Hall–Kier alpha value is -0.550. The molecule has 0 aromatic carbocycles. The van der Waals surface area contributed by atoms with Gasteiger partial charge in [-0.05, 0) is 12.7 Å². The number of carbonyl (C=O) groups is 1. The Bertz CT molecular complexity index is 285. The molecule has 1 aromatic rings. The Balaban J connectivity index is 2.30. The highest BCUT2D eigenvalue weighted by Crippen LogP contribution is 2.10. The number of hydrogen-bond donors (Lipinski definition) is 2. The van der Waals surface area contributed by atoms with Crippen LogP contribution in [0.5, 0.6) is 0 Å². The molecule has 0 aliphatic carbocycles. The Kier molecular flexibility index (Phi) is 4.24. The van der Waals surface area contributed by atoms with E-state index in [1.807, 2.05) is 13.1 Å². The summed E-state index contributed by atoms with van der Waals surface area (Å²) in [6, 6.07) is 0. The Morgan fingerprint density at radius 2 is 2.54 bits per heavy atom. The molecular weight excluding hydrogens is 204 g/mol. The first kappa shape index (κ1) is 10.5. The summed E-state index contributed by atoms with van der Waals surface area (Å²) in [6.07, 6.45) is 2.28. The van der Waals surface area contributed by atoms with Gasteiger partial charge in [-0.25, -0.2) is 4.98 Å². The molecule has 13 heavy (non-hydrogen) atoms. The maximum atomic E-state index is 11.0. The molecule has 1 heterocycles. The number of thiazole rings is 1. The van der Waals surface area contributed by atoms with Crippen LogP contribution in [0, 0.1) is 6.92 Å². The van der Waals surface area contributed by atoms with Crippen LogP contribution in [0.15, 0.2) is 6.20 Å². The standard InChI is InChI=1S/C8H12N2OS2/c1-6-4-10-8(13-6)5-9-7(11)2-3-12/h4,12H,2-3,5H2,1H3,(H,9,11). The number of hydrogen-bond acceptors (Lipinski definition) is 4. The van der Waals surface area contributed by atoms with E-state index in [0.717, 1.165) is 5.01 Å². The number of aromatic nitrogens is 1. The number of carbonyl (C=O) groups excluding carboxylic acids is 1. The van der Waals surface area contributed by atoms with Gasteiger partial charge in [0.2, 0.25) is 5.91 Å². The first-order valence-corrected chi connectivity index (χ1v) is 5.46. The molecule has 1 amide bonds. The lowest BCUT2D eigenvalue weighted by molar-refractivity contribution is -0.120. The molecule has 0 spiro atoms. The van der Waals surface area contributed by atoms with Gasteiger partial charge in [0.05, 0.1) is 6.54 Å². The highest BCUT2D eigenvalue weighted by Gasteiger charge is 2.01. The van der Waals surface area contributed by atoms with Crippen molar-refractivity contribution in [1.29, 1.82) is 0 Å². The van der Waals surface area contributed by atoms with Crippen LogP contribution in [0.3, 0.4) is 0 Å². The lowest BCUT2D eigenvalue weighted by Gasteiger charge is -1.99. The molecule has 0 radical (unpaired) electrons. The van der Waals surface area contributed by atoms with Crippen molar-refractivity contribution in [2.45, 2.75) is 19.9 Å². The fourth-order valence-corrected chi connectivity index (χ4v) is 1.78.